The summed E-state index contributed by atoms with van der Waals surface area (Å²) in [5, 5.41) is 5.83. The number of methoxy groups -OCH3 is 2. The number of ether oxygens (including phenoxy) is 2. The predicted octanol–water partition coefficient (Wildman–Crippen LogP) is 4.40. The molecule has 26 heavy (non-hydrogen) atoms. The van der Waals surface area contributed by atoms with Crippen molar-refractivity contribution in [3.63, 3.8) is 0 Å². The van der Waals surface area contributed by atoms with E-state index in [9.17, 15) is 4.79 Å². The lowest BCUT2D eigenvalue weighted by Gasteiger charge is -2.06. The number of hydrogen-bond donors (Lipinski definition) is 1. The zero-order chi connectivity index (χ0) is 18.4. The van der Waals surface area contributed by atoms with Crippen LogP contribution in [0.15, 0.2) is 53.9 Å². The van der Waals surface area contributed by atoms with Gasteiger partial charge >= 0.3 is 0 Å². The topological polar surface area (TPSA) is 60.5 Å². The van der Waals surface area contributed by atoms with Crippen molar-refractivity contribution >= 4 is 22.9 Å². The molecule has 0 bridgehead atoms. The molecular weight excluding hydrogens is 348 g/mol. The summed E-state index contributed by atoms with van der Waals surface area (Å²) in [5.41, 5.74) is 2.68. The quantitative estimate of drug-likeness (QED) is 0.671. The molecule has 1 N–H and O–H groups in total. The number of amides is 1. The fraction of sp³-hybridized carbons (Fsp3) is 0.200. The minimum absolute atomic E-state index is 0.0422. The molecule has 0 aliphatic heterocycles. The van der Waals surface area contributed by atoms with E-state index in [1.807, 2.05) is 47.8 Å². The summed E-state index contributed by atoms with van der Waals surface area (Å²) in [6.45, 7) is 0. The van der Waals surface area contributed by atoms with Crippen LogP contribution in [0.25, 0.3) is 11.3 Å². The molecule has 1 heterocycles. The minimum atomic E-state index is -0.0422. The second-order valence-corrected chi connectivity index (χ2v) is 6.58. The normalized spacial score (nSPS) is 10.4. The highest BCUT2D eigenvalue weighted by molar-refractivity contribution is 7.09. The van der Waals surface area contributed by atoms with E-state index in [0.29, 0.717) is 18.6 Å². The molecule has 0 atom stereocenters. The van der Waals surface area contributed by atoms with Crippen molar-refractivity contribution < 1.29 is 14.3 Å². The third-order valence-corrected chi connectivity index (χ3v) is 4.77. The van der Waals surface area contributed by atoms with Crippen LogP contribution in [0.4, 0.5) is 5.69 Å². The minimum Gasteiger partial charge on any atom is -0.497 e. The average molecular weight is 368 g/mol. The zero-order valence-electron chi connectivity index (χ0n) is 14.7. The van der Waals surface area contributed by atoms with Crippen molar-refractivity contribution in [3.8, 4) is 22.8 Å². The summed E-state index contributed by atoms with van der Waals surface area (Å²) in [5.74, 6) is 1.49. The number of nitrogens with zero attached hydrogens (tertiary/aromatic N) is 1. The van der Waals surface area contributed by atoms with Gasteiger partial charge in [0.25, 0.3) is 0 Å². The molecule has 0 unspecified atom stereocenters. The molecule has 0 fully saturated rings. The molecule has 1 aromatic heterocycles. The Morgan fingerprint density at radius 2 is 1.85 bits per heavy atom. The number of aryl methyl sites for hydroxylation is 1. The Morgan fingerprint density at radius 3 is 2.58 bits per heavy atom. The maximum Gasteiger partial charge on any atom is 0.224 e. The molecule has 0 saturated heterocycles. The molecule has 134 valence electrons. The van der Waals surface area contributed by atoms with Crippen LogP contribution in [-0.2, 0) is 11.2 Å². The van der Waals surface area contributed by atoms with Crippen LogP contribution < -0.4 is 14.8 Å². The number of anilines is 1. The van der Waals surface area contributed by atoms with Gasteiger partial charge < -0.3 is 14.8 Å². The number of aromatic nitrogens is 1. The Hall–Kier alpha value is -2.86. The van der Waals surface area contributed by atoms with Crippen molar-refractivity contribution in [3.05, 3.63) is 58.9 Å². The summed E-state index contributed by atoms with van der Waals surface area (Å²) < 4.78 is 10.3. The number of nitrogens with one attached hydrogen (secondary N) is 1. The number of benzene rings is 2. The summed E-state index contributed by atoms with van der Waals surface area (Å²) in [7, 11) is 3.25. The second-order valence-electron chi connectivity index (χ2n) is 5.64. The second kappa shape index (κ2) is 8.49. The summed E-state index contributed by atoms with van der Waals surface area (Å²) in [6, 6.07) is 15.1. The Balaban J connectivity index is 1.56. The number of carbonyl (C=O) groups excluding carboxylic acids is 1. The standard InChI is InChI=1S/C20H20N2O3S/c1-24-16-8-6-14(7-9-16)18-13-26-20(22-18)11-10-19(23)21-15-4-3-5-17(12-15)25-2/h3-9,12-13H,10-11H2,1-2H3,(H,21,23). The maximum atomic E-state index is 12.1. The third kappa shape index (κ3) is 4.61. The largest absolute Gasteiger partial charge is 0.497 e. The smallest absolute Gasteiger partial charge is 0.224 e. The van der Waals surface area contributed by atoms with Gasteiger partial charge in [0.15, 0.2) is 0 Å². The van der Waals surface area contributed by atoms with E-state index >= 15 is 0 Å². The molecule has 0 spiro atoms. The monoisotopic (exact) mass is 368 g/mol. The molecule has 0 aliphatic carbocycles. The molecule has 3 aromatic rings. The van der Waals surface area contributed by atoms with Gasteiger partial charge in [-0.25, -0.2) is 4.98 Å². The van der Waals surface area contributed by atoms with Gasteiger partial charge in [0.2, 0.25) is 5.91 Å². The molecule has 0 aliphatic rings. The van der Waals surface area contributed by atoms with Crippen LogP contribution in [0.3, 0.4) is 0 Å². The van der Waals surface area contributed by atoms with Gasteiger partial charge in [0, 0.05) is 35.5 Å². The van der Waals surface area contributed by atoms with E-state index in [-0.39, 0.29) is 5.91 Å². The number of carbonyl (C=O) groups is 1. The van der Waals surface area contributed by atoms with Gasteiger partial charge in [0.1, 0.15) is 11.5 Å². The first-order chi connectivity index (χ1) is 12.7. The molecule has 5 nitrogen and oxygen atoms in total. The lowest BCUT2D eigenvalue weighted by Crippen LogP contribution is -2.12. The molecule has 3 rings (SSSR count). The van der Waals surface area contributed by atoms with Crippen LogP contribution in [0.5, 0.6) is 11.5 Å². The van der Waals surface area contributed by atoms with E-state index in [4.69, 9.17) is 9.47 Å². The molecule has 0 radical (unpaired) electrons. The summed E-state index contributed by atoms with van der Waals surface area (Å²) >= 11 is 1.57. The van der Waals surface area contributed by atoms with Crippen LogP contribution in [0.2, 0.25) is 0 Å². The summed E-state index contributed by atoms with van der Waals surface area (Å²) in [4.78, 5) is 16.8. The molecule has 2 aromatic carbocycles. The van der Waals surface area contributed by atoms with Crippen molar-refractivity contribution in [2.75, 3.05) is 19.5 Å². The van der Waals surface area contributed by atoms with Gasteiger partial charge in [-0.2, -0.15) is 0 Å². The number of hydrogen-bond acceptors (Lipinski definition) is 5. The van der Waals surface area contributed by atoms with Gasteiger partial charge in [-0.15, -0.1) is 11.3 Å². The Bertz CT molecular complexity index is 875. The van der Waals surface area contributed by atoms with E-state index < -0.39 is 0 Å². The third-order valence-electron chi connectivity index (χ3n) is 3.86. The fourth-order valence-corrected chi connectivity index (χ4v) is 3.27. The SMILES string of the molecule is COc1ccc(-c2csc(CCC(=O)Nc3cccc(OC)c3)n2)cc1. The van der Waals surface area contributed by atoms with E-state index in [1.54, 1.807) is 31.6 Å². The van der Waals surface area contributed by atoms with Crippen molar-refractivity contribution in [2.24, 2.45) is 0 Å². The highest BCUT2D eigenvalue weighted by atomic mass is 32.1. The van der Waals surface area contributed by atoms with Crippen molar-refractivity contribution in [2.45, 2.75) is 12.8 Å². The van der Waals surface area contributed by atoms with E-state index in [0.717, 1.165) is 27.7 Å². The molecular formula is C20H20N2O3S. The van der Waals surface area contributed by atoms with Crippen molar-refractivity contribution in [1.29, 1.82) is 0 Å². The first-order valence-corrected chi connectivity index (χ1v) is 9.08. The maximum absolute atomic E-state index is 12.1. The Kier molecular flexibility index (Phi) is 5.86. The van der Waals surface area contributed by atoms with Gasteiger partial charge in [0.05, 0.1) is 24.9 Å². The van der Waals surface area contributed by atoms with E-state index in [2.05, 4.69) is 10.3 Å². The van der Waals surface area contributed by atoms with Crippen molar-refractivity contribution in [1.82, 2.24) is 4.98 Å². The molecule has 1 amide bonds. The van der Waals surface area contributed by atoms with Crippen LogP contribution in [0, 0.1) is 0 Å². The van der Waals surface area contributed by atoms with Gasteiger partial charge in [-0.3, -0.25) is 4.79 Å². The fourth-order valence-electron chi connectivity index (χ4n) is 2.46. The molecule has 6 heteroatoms. The average Bonchev–Trinajstić information content (AvgIpc) is 3.15. The van der Waals surface area contributed by atoms with Gasteiger partial charge in [-0.1, -0.05) is 6.07 Å². The zero-order valence-corrected chi connectivity index (χ0v) is 15.5. The first kappa shape index (κ1) is 17.9. The highest BCUT2D eigenvalue weighted by Gasteiger charge is 2.08. The van der Waals surface area contributed by atoms with Crippen LogP contribution >= 0.6 is 11.3 Å². The van der Waals surface area contributed by atoms with Crippen LogP contribution in [-0.4, -0.2) is 25.1 Å². The number of rotatable bonds is 7. The Morgan fingerprint density at radius 1 is 1.08 bits per heavy atom. The van der Waals surface area contributed by atoms with Crippen LogP contribution in [0.1, 0.15) is 11.4 Å². The number of thiazole rings is 1. The highest BCUT2D eigenvalue weighted by Crippen LogP contribution is 2.25. The first-order valence-electron chi connectivity index (χ1n) is 8.20. The van der Waals surface area contributed by atoms with E-state index in [1.165, 1.54) is 0 Å². The predicted molar refractivity (Wildman–Crippen MR) is 104 cm³/mol. The lowest BCUT2D eigenvalue weighted by atomic mass is 10.2. The lowest BCUT2D eigenvalue weighted by molar-refractivity contribution is -0.116. The molecule has 0 saturated carbocycles. The Labute approximate surface area is 156 Å². The van der Waals surface area contributed by atoms with Gasteiger partial charge in [-0.05, 0) is 36.4 Å². The summed E-state index contributed by atoms with van der Waals surface area (Å²) in [6.07, 6.45) is 0.989.